The number of nitrogens with zero attached hydrogens (tertiary/aromatic N) is 2. The van der Waals surface area contributed by atoms with Gasteiger partial charge in [0.25, 0.3) is 5.56 Å². The van der Waals surface area contributed by atoms with Crippen LogP contribution in [0.15, 0.2) is 53.3 Å². The first kappa shape index (κ1) is 16.7. The van der Waals surface area contributed by atoms with Crippen molar-refractivity contribution in [2.75, 3.05) is 6.54 Å². The van der Waals surface area contributed by atoms with Crippen molar-refractivity contribution >= 4 is 5.91 Å². The van der Waals surface area contributed by atoms with Gasteiger partial charge in [-0.05, 0) is 48.8 Å². The van der Waals surface area contributed by atoms with E-state index in [1.165, 1.54) is 24.6 Å². The summed E-state index contributed by atoms with van der Waals surface area (Å²) in [5.74, 6) is 1.02. The molecule has 2 aliphatic carbocycles. The highest BCUT2D eigenvalue weighted by atomic mass is 19.1. The van der Waals surface area contributed by atoms with Gasteiger partial charge in [-0.2, -0.15) is 5.10 Å². The average molecular weight is 353 g/mol. The Morgan fingerprint density at radius 3 is 2.77 bits per heavy atom. The molecule has 4 rings (SSSR count). The minimum atomic E-state index is -0.418. The largest absolute Gasteiger partial charge is 0.354 e. The van der Waals surface area contributed by atoms with Gasteiger partial charge in [0.1, 0.15) is 12.4 Å². The molecule has 26 heavy (non-hydrogen) atoms. The molecule has 2 aliphatic rings. The van der Waals surface area contributed by atoms with E-state index in [0.717, 1.165) is 11.1 Å². The van der Waals surface area contributed by atoms with Gasteiger partial charge in [-0.1, -0.05) is 24.3 Å². The number of aromatic nitrogens is 2. The third-order valence-corrected chi connectivity index (χ3v) is 5.29. The summed E-state index contributed by atoms with van der Waals surface area (Å²) in [7, 11) is 0. The maximum atomic E-state index is 13.9. The van der Waals surface area contributed by atoms with E-state index < -0.39 is 5.82 Å². The van der Waals surface area contributed by atoms with Gasteiger partial charge < -0.3 is 5.32 Å². The summed E-state index contributed by atoms with van der Waals surface area (Å²) in [5, 5.41) is 7.06. The number of fused-ring (bicyclic) bond motifs is 2. The highest BCUT2D eigenvalue weighted by Crippen LogP contribution is 2.42. The highest BCUT2D eigenvalue weighted by Gasteiger charge is 2.35. The molecule has 0 unspecified atom stereocenters. The number of carbonyl (C=O) groups is 1. The van der Waals surface area contributed by atoms with E-state index >= 15 is 0 Å². The molecule has 1 heterocycles. The second-order valence-electron chi connectivity index (χ2n) is 7.04. The van der Waals surface area contributed by atoms with Crippen LogP contribution in [0.4, 0.5) is 4.39 Å². The Balaban J connectivity index is 1.43. The molecule has 3 atom stereocenters. The number of allylic oxidation sites excluding steroid dienone is 2. The Kier molecular flexibility index (Phi) is 4.41. The van der Waals surface area contributed by atoms with Gasteiger partial charge in [0.15, 0.2) is 0 Å². The molecule has 0 saturated heterocycles. The molecule has 6 heteroatoms. The molecule has 1 N–H and O–H groups in total. The summed E-state index contributed by atoms with van der Waals surface area (Å²) in [4.78, 5) is 24.2. The molecular weight excluding hydrogens is 333 g/mol. The Morgan fingerprint density at radius 2 is 2.04 bits per heavy atom. The first-order chi connectivity index (χ1) is 12.6. The fourth-order valence-electron chi connectivity index (χ4n) is 3.94. The molecular formula is C20H20FN3O2. The van der Waals surface area contributed by atoms with Gasteiger partial charge in [-0.15, -0.1) is 0 Å². The highest BCUT2D eigenvalue weighted by molar-refractivity contribution is 5.75. The average Bonchev–Trinajstić information content (AvgIpc) is 3.25. The van der Waals surface area contributed by atoms with E-state index in [9.17, 15) is 14.0 Å². The van der Waals surface area contributed by atoms with E-state index in [-0.39, 0.29) is 18.0 Å². The summed E-state index contributed by atoms with van der Waals surface area (Å²) >= 11 is 0. The van der Waals surface area contributed by atoms with Crippen LogP contribution in [0.3, 0.4) is 0 Å². The van der Waals surface area contributed by atoms with Crippen LogP contribution in [0.25, 0.3) is 11.3 Å². The van der Waals surface area contributed by atoms with Gasteiger partial charge in [0.05, 0.1) is 5.69 Å². The van der Waals surface area contributed by atoms with Crippen molar-refractivity contribution in [3.8, 4) is 11.3 Å². The Labute approximate surface area is 150 Å². The maximum Gasteiger partial charge on any atom is 0.267 e. The Morgan fingerprint density at radius 1 is 1.19 bits per heavy atom. The Hall–Kier alpha value is -2.76. The lowest BCUT2D eigenvalue weighted by Gasteiger charge is -2.18. The molecule has 1 saturated carbocycles. The zero-order valence-corrected chi connectivity index (χ0v) is 14.3. The maximum absolute atomic E-state index is 13.9. The van der Waals surface area contributed by atoms with E-state index in [1.54, 1.807) is 18.2 Å². The van der Waals surface area contributed by atoms with Gasteiger partial charge >= 0.3 is 0 Å². The first-order valence-corrected chi connectivity index (χ1v) is 8.88. The van der Waals surface area contributed by atoms with E-state index in [2.05, 4.69) is 22.6 Å². The van der Waals surface area contributed by atoms with Crippen LogP contribution in [0.2, 0.25) is 0 Å². The molecule has 1 amide bonds. The summed E-state index contributed by atoms with van der Waals surface area (Å²) in [5.41, 5.74) is 0.243. The predicted octanol–water partition coefficient (Wildman–Crippen LogP) is 2.38. The summed E-state index contributed by atoms with van der Waals surface area (Å²) in [6.45, 7) is 0.448. The van der Waals surface area contributed by atoms with Crippen molar-refractivity contribution in [1.82, 2.24) is 15.1 Å². The van der Waals surface area contributed by atoms with Gasteiger partial charge in [-0.3, -0.25) is 9.59 Å². The third-order valence-electron chi connectivity index (χ3n) is 5.29. The number of nitrogens with one attached hydrogen (secondary N) is 1. The van der Waals surface area contributed by atoms with Crippen molar-refractivity contribution in [2.24, 2.45) is 17.8 Å². The van der Waals surface area contributed by atoms with Crippen LogP contribution in [0, 0.1) is 23.6 Å². The molecule has 0 aliphatic heterocycles. The smallest absolute Gasteiger partial charge is 0.267 e. The summed E-state index contributed by atoms with van der Waals surface area (Å²) < 4.78 is 15.0. The van der Waals surface area contributed by atoms with Crippen molar-refractivity contribution in [3.05, 3.63) is 64.7 Å². The van der Waals surface area contributed by atoms with Crippen LogP contribution in [-0.2, 0) is 11.3 Å². The number of halogens is 1. The lowest BCUT2D eigenvalue weighted by atomic mass is 9.94. The first-order valence-electron chi connectivity index (χ1n) is 8.88. The molecule has 2 aromatic rings. The van der Waals surface area contributed by atoms with Crippen molar-refractivity contribution in [1.29, 1.82) is 0 Å². The zero-order valence-electron chi connectivity index (χ0n) is 14.3. The molecule has 1 aromatic heterocycles. The van der Waals surface area contributed by atoms with Gasteiger partial charge in [0.2, 0.25) is 5.91 Å². The van der Waals surface area contributed by atoms with E-state index in [1.807, 2.05) is 0 Å². The number of hydrogen-bond donors (Lipinski definition) is 1. The number of hydrogen-bond acceptors (Lipinski definition) is 3. The van der Waals surface area contributed by atoms with Crippen LogP contribution in [0.5, 0.6) is 0 Å². The number of amides is 1. The molecule has 0 spiro atoms. The monoisotopic (exact) mass is 353 g/mol. The number of benzene rings is 1. The van der Waals surface area contributed by atoms with Crippen LogP contribution >= 0.6 is 0 Å². The molecule has 0 radical (unpaired) electrons. The fourth-order valence-corrected chi connectivity index (χ4v) is 3.94. The second kappa shape index (κ2) is 6.86. The quantitative estimate of drug-likeness (QED) is 0.840. The van der Waals surface area contributed by atoms with Crippen molar-refractivity contribution in [2.45, 2.75) is 19.4 Å². The predicted molar refractivity (Wildman–Crippen MR) is 95.7 cm³/mol. The lowest BCUT2D eigenvalue weighted by Crippen LogP contribution is -2.36. The minimum Gasteiger partial charge on any atom is -0.354 e. The molecule has 2 bridgehead atoms. The Bertz CT molecular complexity index is 921. The van der Waals surface area contributed by atoms with Crippen LogP contribution < -0.4 is 10.9 Å². The number of carbonyl (C=O) groups excluding carboxylic acids is 1. The third kappa shape index (κ3) is 3.31. The SMILES string of the molecule is O=C(Cn1nc(-c2ccccc2F)ccc1=O)NC[C@H]1C[C@H]2C=C[C@@H]1C2. The molecule has 1 aromatic carbocycles. The standard InChI is InChI=1S/C20H20FN3O2/c21-17-4-2-1-3-16(17)18-7-8-20(26)24(23-18)12-19(25)22-11-15-10-13-5-6-14(15)9-13/h1-8,13-15H,9-12H2,(H,22,25)/t13-,14+,15+/m0/s1. The normalized spacial score (nSPS) is 23.3. The fraction of sp³-hybridized carbons (Fsp3) is 0.350. The lowest BCUT2D eigenvalue weighted by molar-refractivity contribution is -0.122. The number of rotatable bonds is 5. The van der Waals surface area contributed by atoms with Crippen LogP contribution in [-0.4, -0.2) is 22.2 Å². The zero-order chi connectivity index (χ0) is 18.1. The van der Waals surface area contributed by atoms with Crippen LogP contribution in [0.1, 0.15) is 12.8 Å². The van der Waals surface area contributed by atoms with Gasteiger partial charge in [0, 0.05) is 18.2 Å². The summed E-state index contributed by atoms with van der Waals surface area (Å²) in [6, 6.07) is 9.00. The minimum absolute atomic E-state index is 0.169. The second-order valence-corrected chi connectivity index (χ2v) is 7.04. The summed E-state index contributed by atoms with van der Waals surface area (Å²) in [6.07, 6.45) is 6.81. The van der Waals surface area contributed by atoms with Crippen molar-refractivity contribution in [3.63, 3.8) is 0 Å². The molecule has 134 valence electrons. The van der Waals surface area contributed by atoms with E-state index in [4.69, 9.17) is 0 Å². The molecule has 5 nitrogen and oxygen atoms in total. The topological polar surface area (TPSA) is 64.0 Å². The van der Waals surface area contributed by atoms with Gasteiger partial charge in [-0.25, -0.2) is 9.07 Å². The van der Waals surface area contributed by atoms with Crippen molar-refractivity contribution < 1.29 is 9.18 Å². The molecule has 1 fully saturated rings. The van der Waals surface area contributed by atoms with E-state index in [0.29, 0.717) is 35.6 Å².